The van der Waals surface area contributed by atoms with Crippen LogP contribution in [0.25, 0.3) is 0 Å². The van der Waals surface area contributed by atoms with Gasteiger partial charge >= 0.3 is 0 Å². The monoisotopic (exact) mass is 308 g/mol. The number of hydrogen-bond donors (Lipinski definition) is 1. The predicted octanol–water partition coefficient (Wildman–Crippen LogP) is 2.41. The molecule has 5 nitrogen and oxygen atoms in total. The first-order valence-electron chi connectivity index (χ1n) is 8.31. The van der Waals surface area contributed by atoms with Crippen molar-refractivity contribution in [2.75, 3.05) is 13.1 Å². The standard InChI is InChI=1S/C17H28N2O3/c1-14(2)8-5-6-12-18-15(20)9-4-3-7-13-19-16(21)10-11-17(19)22/h10-11,14H,3-9,12-13H2,1-2H3,(H,18,20). The number of imide groups is 1. The van der Waals surface area contributed by atoms with Crippen LogP contribution in [0.1, 0.15) is 58.8 Å². The number of nitrogens with zero attached hydrogens (tertiary/aromatic N) is 1. The smallest absolute Gasteiger partial charge is 0.253 e. The molecule has 0 aromatic heterocycles. The van der Waals surface area contributed by atoms with Crippen molar-refractivity contribution in [3.8, 4) is 0 Å². The Morgan fingerprint density at radius 3 is 2.36 bits per heavy atom. The molecule has 0 aromatic carbocycles. The minimum absolute atomic E-state index is 0.0968. The number of nitrogens with one attached hydrogen (secondary N) is 1. The van der Waals surface area contributed by atoms with E-state index < -0.39 is 0 Å². The number of carbonyl (C=O) groups is 3. The average molecular weight is 308 g/mol. The molecule has 0 bridgehead atoms. The van der Waals surface area contributed by atoms with Gasteiger partial charge in [0.2, 0.25) is 5.91 Å². The van der Waals surface area contributed by atoms with E-state index in [-0.39, 0.29) is 17.7 Å². The highest BCUT2D eigenvalue weighted by atomic mass is 16.2. The van der Waals surface area contributed by atoms with Crippen LogP contribution >= 0.6 is 0 Å². The third-order valence-corrected chi connectivity index (χ3v) is 3.72. The summed E-state index contributed by atoms with van der Waals surface area (Å²) in [4.78, 5) is 35.5. The highest BCUT2D eigenvalue weighted by Gasteiger charge is 2.22. The quantitative estimate of drug-likeness (QED) is 0.471. The summed E-state index contributed by atoms with van der Waals surface area (Å²) in [5.74, 6) is 0.355. The molecule has 0 saturated carbocycles. The summed E-state index contributed by atoms with van der Waals surface area (Å²) in [6, 6.07) is 0. The summed E-state index contributed by atoms with van der Waals surface area (Å²) in [6.45, 7) is 5.62. The molecule has 1 heterocycles. The zero-order chi connectivity index (χ0) is 16.4. The molecule has 0 spiro atoms. The molecule has 1 rings (SSSR count). The fourth-order valence-corrected chi connectivity index (χ4v) is 2.38. The summed E-state index contributed by atoms with van der Waals surface area (Å²) in [5, 5.41) is 2.93. The average Bonchev–Trinajstić information content (AvgIpc) is 2.77. The first-order valence-corrected chi connectivity index (χ1v) is 8.31. The minimum atomic E-state index is -0.232. The van der Waals surface area contributed by atoms with Crippen LogP contribution in [0.3, 0.4) is 0 Å². The lowest BCUT2D eigenvalue weighted by Crippen LogP contribution is -2.30. The summed E-state index contributed by atoms with van der Waals surface area (Å²) >= 11 is 0. The molecule has 1 N–H and O–H groups in total. The van der Waals surface area contributed by atoms with E-state index in [1.807, 2.05) is 0 Å². The molecule has 22 heavy (non-hydrogen) atoms. The highest BCUT2D eigenvalue weighted by molar-refractivity contribution is 6.12. The number of carbonyl (C=O) groups excluding carboxylic acids is 3. The van der Waals surface area contributed by atoms with Crippen LogP contribution < -0.4 is 5.32 Å². The molecule has 0 radical (unpaired) electrons. The minimum Gasteiger partial charge on any atom is -0.356 e. The fraction of sp³-hybridized carbons (Fsp3) is 0.706. The third kappa shape index (κ3) is 7.38. The van der Waals surface area contributed by atoms with Gasteiger partial charge < -0.3 is 5.32 Å². The Hall–Kier alpha value is -1.65. The Kier molecular flexibility index (Phi) is 8.48. The summed E-state index contributed by atoms with van der Waals surface area (Å²) in [5.41, 5.74) is 0. The Balaban J connectivity index is 1.95. The molecule has 1 aliphatic heterocycles. The Labute approximate surface area is 133 Å². The molecule has 0 aliphatic carbocycles. The second kappa shape index (κ2) is 10.1. The molecule has 0 unspecified atom stereocenters. The molecular formula is C17H28N2O3. The van der Waals surface area contributed by atoms with Crippen LogP contribution in [0, 0.1) is 5.92 Å². The van der Waals surface area contributed by atoms with E-state index in [2.05, 4.69) is 19.2 Å². The lowest BCUT2D eigenvalue weighted by Gasteiger charge is -2.13. The summed E-state index contributed by atoms with van der Waals surface area (Å²) in [6.07, 6.45) is 8.91. The molecule has 3 amide bonds. The van der Waals surface area contributed by atoms with Crippen molar-refractivity contribution in [3.63, 3.8) is 0 Å². The van der Waals surface area contributed by atoms with Gasteiger partial charge in [-0.2, -0.15) is 0 Å². The molecule has 1 aliphatic rings. The summed E-state index contributed by atoms with van der Waals surface area (Å²) in [7, 11) is 0. The number of unbranched alkanes of at least 4 members (excludes halogenated alkanes) is 3. The van der Waals surface area contributed by atoms with E-state index in [9.17, 15) is 14.4 Å². The van der Waals surface area contributed by atoms with Crippen molar-refractivity contribution in [2.24, 2.45) is 5.92 Å². The Bertz CT molecular complexity index is 398. The van der Waals surface area contributed by atoms with E-state index in [1.165, 1.54) is 23.5 Å². The SMILES string of the molecule is CC(C)CCCCNC(=O)CCCCCN1C(=O)C=CC1=O. The van der Waals surface area contributed by atoms with Crippen molar-refractivity contribution in [1.82, 2.24) is 10.2 Å². The van der Waals surface area contributed by atoms with Crippen LogP contribution in [-0.4, -0.2) is 35.7 Å². The van der Waals surface area contributed by atoms with Crippen molar-refractivity contribution >= 4 is 17.7 Å². The Morgan fingerprint density at radius 2 is 1.73 bits per heavy atom. The lowest BCUT2D eigenvalue weighted by atomic mass is 10.1. The van der Waals surface area contributed by atoms with Crippen LogP contribution in [0.5, 0.6) is 0 Å². The first-order chi connectivity index (χ1) is 10.5. The van der Waals surface area contributed by atoms with Crippen LogP contribution in [-0.2, 0) is 14.4 Å². The van der Waals surface area contributed by atoms with Gasteiger partial charge in [0.15, 0.2) is 0 Å². The molecule has 0 atom stereocenters. The molecule has 124 valence electrons. The van der Waals surface area contributed by atoms with Gasteiger partial charge in [0.1, 0.15) is 0 Å². The predicted molar refractivity (Wildman–Crippen MR) is 86.0 cm³/mol. The molecule has 0 aromatic rings. The zero-order valence-corrected chi connectivity index (χ0v) is 13.8. The van der Waals surface area contributed by atoms with E-state index in [4.69, 9.17) is 0 Å². The number of hydrogen-bond acceptors (Lipinski definition) is 3. The molecule has 0 fully saturated rings. The van der Waals surface area contributed by atoms with Crippen molar-refractivity contribution in [1.29, 1.82) is 0 Å². The van der Waals surface area contributed by atoms with Gasteiger partial charge in [0.05, 0.1) is 0 Å². The normalized spacial score (nSPS) is 14.2. The largest absolute Gasteiger partial charge is 0.356 e. The van der Waals surface area contributed by atoms with Gasteiger partial charge in [0, 0.05) is 31.7 Å². The van der Waals surface area contributed by atoms with E-state index in [0.29, 0.717) is 13.0 Å². The third-order valence-electron chi connectivity index (χ3n) is 3.72. The van der Waals surface area contributed by atoms with Crippen LogP contribution in [0.15, 0.2) is 12.2 Å². The molecule has 5 heteroatoms. The van der Waals surface area contributed by atoms with Crippen molar-refractivity contribution < 1.29 is 14.4 Å². The second-order valence-corrected chi connectivity index (χ2v) is 6.21. The van der Waals surface area contributed by atoms with E-state index in [0.717, 1.165) is 44.6 Å². The van der Waals surface area contributed by atoms with Gasteiger partial charge in [-0.3, -0.25) is 19.3 Å². The van der Waals surface area contributed by atoms with Gasteiger partial charge in [0.25, 0.3) is 11.8 Å². The fourth-order valence-electron chi connectivity index (χ4n) is 2.38. The van der Waals surface area contributed by atoms with E-state index in [1.54, 1.807) is 0 Å². The van der Waals surface area contributed by atoms with E-state index >= 15 is 0 Å². The maximum absolute atomic E-state index is 11.6. The number of rotatable bonds is 11. The van der Waals surface area contributed by atoms with Gasteiger partial charge in [-0.05, 0) is 25.2 Å². The van der Waals surface area contributed by atoms with Gasteiger partial charge in [-0.1, -0.05) is 33.1 Å². The number of amides is 3. The maximum Gasteiger partial charge on any atom is 0.253 e. The Morgan fingerprint density at radius 1 is 1.05 bits per heavy atom. The van der Waals surface area contributed by atoms with Crippen LogP contribution in [0.4, 0.5) is 0 Å². The topological polar surface area (TPSA) is 66.5 Å². The molecule has 0 saturated heterocycles. The summed E-state index contributed by atoms with van der Waals surface area (Å²) < 4.78 is 0. The first kappa shape index (κ1) is 18.4. The van der Waals surface area contributed by atoms with Gasteiger partial charge in [-0.25, -0.2) is 0 Å². The van der Waals surface area contributed by atoms with Gasteiger partial charge in [-0.15, -0.1) is 0 Å². The highest BCUT2D eigenvalue weighted by Crippen LogP contribution is 2.08. The maximum atomic E-state index is 11.6. The molecular weight excluding hydrogens is 280 g/mol. The van der Waals surface area contributed by atoms with Crippen LogP contribution in [0.2, 0.25) is 0 Å². The van der Waals surface area contributed by atoms with Crippen molar-refractivity contribution in [3.05, 3.63) is 12.2 Å². The van der Waals surface area contributed by atoms with Crippen molar-refractivity contribution in [2.45, 2.75) is 58.8 Å². The lowest BCUT2D eigenvalue weighted by molar-refractivity contribution is -0.136. The zero-order valence-electron chi connectivity index (χ0n) is 13.8. The second-order valence-electron chi connectivity index (χ2n) is 6.21.